The van der Waals surface area contributed by atoms with E-state index in [4.69, 9.17) is 5.26 Å². The van der Waals surface area contributed by atoms with E-state index < -0.39 is 17.7 Å². The molecule has 0 aliphatic heterocycles. The fourth-order valence-electron chi connectivity index (χ4n) is 1.25. The molecule has 17 heavy (non-hydrogen) atoms. The van der Waals surface area contributed by atoms with E-state index in [9.17, 15) is 13.6 Å². The van der Waals surface area contributed by atoms with E-state index in [-0.39, 0.29) is 12.3 Å². The lowest BCUT2D eigenvalue weighted by Gasteiger charge is -2.19. The highest BCUT2D eigenvalue weighted by Gasteiger charge is 2.15. The normalized spacial score (nSPS) is 11.7. The van der Waals surface area contributed by atoms with Crippen molar-refractivity contribution in [2.24, 2.45) is 0 Å². The molecule has 0 saturated heterocycles. The second-order valence-electron chi connectivity index (χ2n) is 3.73. The van der Waals surface area contributed by atoms with E-state index in [1.54, 1.807) is 6.92 Å². The molecule has 0 N–H and O–H groups in total. The maximum Gasteiger partial charge on any atom is 0.227 e. The van der Waals surface area contributed by atoms with Gasteiger partial charge in [-0.05, 0) is 24.6 Å². The molecule has 0 spiro atoms. The van der Waals surface area contributed by atoms with Gasteiger partial charge in [0.1, 0.15) is 6.04 Å². The standard InChI is InChI=1S/C12H12F2N2O/c1-8(7-15)16(2)12(17)6-9-3-4-10(13)11(14)5-9/h3-5,8H,6H2,1-2H3. The topological polar surface area (TPSA) is 44.1 Å². The van der Waals surface area contributed by atoms with Crippen molar-refractivity contribution in [1.29, 1.82) is 5.26 Å². The predicted octanol–water partition coefficient (Wildman–Crippen LogP) is 1.88. The fraction of sp³-hybridized carbons (Fsp3) is 0.333. The number of likely N-dealkylation sites (N-methyl/N-ethyl adjacent to an activating group) is 1. The van der Waals surface area contributed by atoms with Gasteiger partial charge in [0.15, 0.2) is 11.6 Å². The van der Waals surface area contributed by atoms with Crippen LogP contribution in [0, 0.1) is 23.0 Å². The van der Waals surface area contributed by atoms with E-state index in [0.717, 1.165) is 12.1 Å². The zero-order chi connectivity index (χ0) is 13.0. The predicted molar refractivity (Wildman–Crippen MR) is 57.9 cm³/mol. The Kier molecular flexibility index (Phi) is 4.16. The fourth-order valence-corrected chi connectivity index (χ4v) is 1.25. The van der Waals surface area contributed by atoms with Crippen LogP contribution in [-0.4, -0.2) is 23.9 Å². The molecule has 0 radical (unpaired) electrons. The van der Waals surface area contributed by atoms with Gasteiger partial charge in [0.25, 0.3) is 0 Å². The number of carbonyl (C=O) groups excluding carboxylic acids is 1. The lowest BCUT2D eigenvalue weighted by atomic mass is 10.1. The van der Waals surface area contributed by atoms with Gasteiger partial charge < -0.3 is 4.90 Å². The van der Waals surface area contributed by atoms with Gasteiger partial charge in [0.2, 0.25) is 5.91 Å². The molecule has 0 fully saturated rings. The molecule has 0 aliphatic rings. The van der Waals surface area contributed by atoms with Gasteiger partial charge >= 0.3 is 0 Å². The molecule has 0 bridgehead atoms. The van der Waals surface area contributed by atoms with Crippen molar-refractivity contribution < 1.29 is 13.6 Å². The van der Waals surface area contributed by atoms with Crippen molar-refractivity contribution >= 4 is 5.91 Å². The third kappa shape index (κ3) is 3.25. The highest BCUT2D eigenvalue weighted by atomic mass is 19.2. The molecule has 0 aromatic heterocycles. The quantitative estimate of drug-likeness (QED) is 0.807. The summed E-state index contributed by atoms with van der Waals surface area (Å²) in [5.41, 5.74) is 0.380. The van der Waals surface area contributed by atoms with E-state index in [2.05, 4.69) is 0 Å². The van der Waals surface area contributed by atoms with Crippen LogP contribution in [-0.2, 0) is 11.2 Å². The summed E-state index contributed by atoms with van der Waals surface area (Å²) in [6.07, 6.45) is -0.0558. The molecular weight excluding hydrogens is 226 g/mol. The van der Waals surface area contributed by atoms with Crippen molar-refractivity contribution in [3.05, 3.63) is 35.4 Å². The zero-order valence-corrected chi connectivity index (χ0v) is 9.58. The van der Waals surface area contributed by atoms with E-state index >= 15 is 0 Å². The second-order valence-corrected chi connectivity index (χ2v) is 3.73. The van der Waals surface area contributed by atoms with Crippen LogP contribution in [0.15, 0.2) is 18.2 Å². The Balaban J connectivity index is 2.75. The first-order valence-corrected chi connectivity index (χ1v) is 5.05. The summed E-state index contributed by atoms with van der Waals surface area (Å²) in [7, 11) is 1.50. The number of carbonyl (C=O) groups is 1. The Morgan fingerprint density at radius 1 is 1.47 bits per heavy atom. The molecule has 3 nitrogen and oxygen atoms in total. The number of hydrogen-bond acceptors (Lipinski definition) is 2. The molecule has 5 heteroatoms. The van der Waals surface area contributed by atoms with Gasteiger partial charge in [-0.15, -0.1) is 0 Å². The van der Waals surface area contributed by atoms with Crippen LogP contribution >= 0.6 is 0 Å². The first kappa shape index (κ1) is 13.1. The molecule has 1 aromatic rings. The number of halogens is 2. The Morgan fingerprint density at radius 3 is 2.65 bits per heavy atom. The maximum atomic E-state index is 12.9. The van der Waals surface area contributed by atoms with Gasteiger partial charge in [0, 0.05) is 7.05 Å². The molecule has 1 rings (SSSR count). The number of hydrogen-bond donors (Lipinski definition) is 0. The van der Waals surface area contributed by atoms with Crippen molar-refractivity contribution in [3.8, 4) is 6.07 Å². The third-order valence-electron chi connectivity index (χ3n) is 2.50. The minimum atomic E-state index is -0.980. The summed E-state index contributed by atoms with van der Waals surface area (Å²) in [4.78, 5) is 12.9. The zero-order valence-electron chi connectivity index (χ0n) is 9.58. The Hall–Kier alpha value is -1.96. The minimum absolute atomic E-state index is 0.0558. The Bertz CT molecular complexity index is 468. The average Bonchev–Trinajstić information content (AvgIpc) is 2.31. The van der Waals surface area contributed by atoms with Crippen LogP contribution in [0.3, 0.4) is 0 Å². The van der Waals surface area contributed by atoms with E-state index in [1.165, 1.54) is 18.0 Å². The van der Waals surface area contributed by atoms with Crippen LogP contribution < -0.4 is 0 Å². The molecule has 1 amide bonds. The maximum absolute atomic E-state index is 12.9. The van der Waals surface area contributed by atoms with Gasteiger partial charge in [-0.25, -0.2) is 8.78 Å². The average molecular weight is 238 g/mol. The number of benzene rings is 1. The second kappa shape index (κ2) is 5.39. The largest absolute Gasteiger partial charge is 0.330 e. The van der Waals surface area contributed by atoms with Gasteiger partial charge in [-0.2, -0.15) is 5.26 Å². The first-order chi connectivity index (χ1) is 7.95. The smallest absolute Gasteiger partial charge is 0.227 e. The summed E-state index contributed by atoms with van der Waals surface area (Å²) >= 11 is 0. The molecule has 0 aliphatic carbocycles. The third-order valence-corrected chi connectivity index (χ3v) is 2.50. The number of nitriles is 1. The van der Waals surface area contributed by atoms with Crippen LogP contribution in [0.4, 0.5) is 8.78 Å². The van der Waals surface area contributed by atoms with Crippen LogP contribution in [0.2, 0.25) is 0 Å². The lowest BCUT2D eigenvalue weighted by molar-refractivity contribution is -0.130. The Labute approximate surface area is 98.3 Å². The Morgan fingerprint density at radius 2 is 2.12 bits per heavy atom. The van der Waals surface area contributed by atoms with Crippen LogP contribution in [0.5, 0.6) is 0 Å². The highest BCUT2D eigenvalue weighted by molar-refractivity contribution is 5.79. The minimum Gasteiger partial charge on any atom is -0.330 e. The van der Waals surface area contributed by atoms with Gasteiger partial charge in [0.05, 0.1) is 12.5 Å². The van der Waals surface area contributed by atoms with Crippen molar-refractivity contribution in [2.75, 3.05) is 7.05 Å². The van der Waals surface area contributed by atoms with Gasteiger partial charge in [-0.3, -0.25) is 4.79 Å². The van der Waals surface area contributed by atoms with Crippen LogP contribution in [0.25, 0.3) is 0 Å². The lowest BCUT2D eigenvalue weighted by Crippen LogP contribution is -2.35. The SMILES string of the molecule is CC(C#N)N(C)C(=O)Cc1ccc(F)c(F)c1. The summed E-state index contributed by atoms with van der Waals surface area (Å²) in [6, 6.07) is 4.69. The van der Waals surface area contributed by atoms with Crippen molar-refractivity contribution in [3.63, 3.8) is 0 Å². The highest BCUT2D eigenvalue weighted by Crippen LogP contribution is 2.10. The molecule has 1 unspecified atom stereocenters. The molecule has 1 atom stereocenters. The van der Waals surface area contributed by atoms with E-state index in [0.29, 0.717) is 5.56 Å². The van der Waals surface area contributed by atoms with Crippen LogP contribution in [0.1, 0.15) is 12.5 Å². The van der Waals surface area contributed by atoms with E-state index in [1.807, 2.05) is 6.07 Å². The number of nitrogens with zero attached hydrogens (tertiary/aromatic N) is 2. The summed E-state index contributed by atoms with van der Waals surface area (Å²) < 4.78 is 25.6. The summed E-state index contributed by atoms with van der Waals surface area (Å²) in [6.45, 7) is 1.59. The molecular formula is C12H12F2N2O. The molecule has 90 valence electrons. The number of amides is 1. The first-order valence-electron chi connectivity index (χ1n) is 5.05. The number of rotatable bonds is 3. The van der Waals surface area contributed by atoms with Gasteiger partial charge in [-0.1, -0.05) is 6.07 Å². The molecule has 1 aromatic carbocycles. The monoisotopic (exact) mass is 238 g/mol. The summed E-state index contributed by atoms with van der Waals surface area (Å²) in [5, 5.41) is 8.65. The molecule has 0 saturated carbocycles. The van der Waals surface area contributed by atoms with Crippen molar-refractivity contribution in [1.82, 2.24) is 4.90 Å². The summed E-state index contributed by atoms with van der Waals surface area (Å²) in [5.74, 6) is -2.24. The molecule has 0 heterocycles. The van der Waals surface area contributed by atoms with Crippen molar-refractivity contribution in [2.45, 2.75) is 19.4 Å².